The van der Waals surface area contributed by atoms with Crippen molar-refractivity contribution in [2.24, 2.45) is 4.99 Å². The molecule has 0 aliphatic carbocycles. The molecular weight excluding hydrogens is 420 g/mol. The SMILES string of the molecule is COc1cc(/C=C2\SC(=Nc3ccccc3)N(c3ccccc3)C2=O)ccc1OC(C)C. The van der Waals surface area contributed by atoms with Gasteiger partial charge in [-0.3, -0.25) is 9.69 Å². The molecule has 0 N–H and O–H groups in total. The van der Waals surface area contributed by atoms with Crippen LogP contribution in [0.4, 0.5) is 11.4 Å². The largest absolute Gasteiger partial charge is 0.493 e. The Morgan fingerprint density at radius 1 is 0.938 bits per heavy atom. The molecule has 0 saturated carbocycles. The molecule has 5 nitrogen and oxygen atoms in total. The second-order valence-electron chi connectivity index (χ2n) is 7.39. The monoisotopic (exact) mass is 444 g/mol. The van der Waals surface area contributed by atoms with Crippen LogP contribution in [0, 0.1) is 0 Å². The van der Waals surface area contributed by atoms with Gasteiger partial charge in [-0.2, -0.15) is 0 Å². The highest BCUT2D eigenvalue weighted by Crippen LogP contribution is 2.38. The van der Waals surface area contributed by atoms with Crippen molar-refractivity contribution < 1.29 is 14.3 Å². The minimum Gasteiger partial charge on any atom is -0.493 e. The van der Waals surface area contributed by atoms with E-state index in [9.17, 15) is 4.79 Å². The Morgan fingerprint density at radius 3 is 2.28 bits per heavy atom. The van der Waals surface area contributed by atoms with Crippen molar-refractivity contribution >= 4 is 40.3 Å². The number of rotatable bonds is 6. The third-order valence-electron chi connectivity index (χ3n) is 4.65. The molecule has 32 heavy (non-hydrogen) atoms. The predicted octanol–water partition coefficient (Wildman–Crippen LogP) is 6.29. The van der Waals surface area contributed by atoms with Crippen LogP contribution in [0.5, 0.6) is 11.5 Å². The number of amidine groups is 1. The van der Waals surface area contributed by atoms with Crippen molar-refractivity contribution in [3.8, 4) is 11.5 Å². The van der Waals surface area contributed by atoms with Crippen LogP contribution in [-0.4, -0.2) is 24.3 Å². The maximum absolute atomic E-state index is 13.4. The summed E-state index contributed by atoms with van der Waals surface area (Å²) in [5, 5.41) is 0.616. The number of nitrogens with zero attached hydrogens (tertiary/aromatic N) is 2. The van der Waals surface area contributed by atoms with Gasteiger partial charge in [-0.25, -0.2) is 4.99 Å². The van der Waals surface area contributed by atoms with E-state index in [1.165, 1.54) is 11.8 Å². The van der Waals surface area contributed by atoms with E-state index >= 15 is 0 Å². The third kappa shape index (κ3) is 4.86. The Bertz CT molecular complexity index is 1160. The zero-order valence-corrected chi connectivity index (χ0v) is 19.0. The highest BCUT2D eigenvalue weighted by Gasteiger charge is 2.34. The van der Waals surface area contributed by atoms with E-state index in [2.05, 4.69) is 0 Å². The molecule has 0 bridgehead atoms. The number of carbonyl (C=O) groups excluding carboxylic acids is 1. The average Bonchev–Trinajstić information content (AvgIpc) is 3.10. The van der Waals surface area contributed by atoms with Gasteiger partial charge in [-0.1, -0.05) is 42.5 Å². The van der Waals surface area contributed by atoms with Crippen LogP contribution < -0.4 is 14.4 Å². The molecule has 0 aromatic heterocycles. The summed E-state index contributed by atoms with van der Waals surface area (Å²) < 4.78 is 11.3. The van der Waals surface area contributed by atoms with Gasteiger partial charge < -0.3 is 9.47 Å². The summed E-state index contributed by atoms with van der Waals surface area (Å²) in [7, 11) is 1.61. The molecule has 0 atom stereocenters. The van der Waals surface area contributed by atoms with E-state index in [0.717, 1.165) is 16.9 Å². The highest BCUT2D eigenvalue weighted by molar-refractivity contribution is 8.19. The number of thioether (sulfide) groups is 1. The lowest BCUT2D eigenvalue weighted by molar-refractivity contribution is -0.113. The van der Waals surface area contributed by atoms with Crippen LogP contribution in [0.2, 0.25) is 0 Å². The Kier molecular flexibility index (Phi) is 6.61. The van der Waals surface area contributed by atoms with Gasteiger partial charge in [0.25, 0.3) is 5.91 Å². The first-order chi connectivity index (χ1) is 15.5. The lowest BCUT2D eigenvalue weighted by atomic mass is 10.1. The van der Waals surface area contributed by atoms with E-state index in [4.69, 9.17) is 14.5 Å². The van der Waals surface area contributed by atoms with Crippen LogP contribution in [0.1, 0.15) is 19.4 Å². The summed E-state index contributed by atoms with van der Waals surface area (Å²) in [5.41, 5.74) is 2.42. The van der Waals surface area contributed by atoms with Crippen LogP contribution in [0.15, 0.2) is 88.8 Å². The van der Waals surface area contributed by atoms with E-state index in [1.54, 1.807) is 12.0 Å². The Hall–Kier alpha value is -3.51. The van der Waals surface area contributed by atoms with Gasteiger partial charge in [-0.15, -0.1) is 0 Å². The van der Waals surface area contributed by atoms with E-state index in [-0.39, 0.29) is 12.0 Å². The van der Waals surface area contributed by atoms with E-state index in [1.807, 2.05) is 98.8 Å². The van der Waals surface area contributed by atoms with Crippen LogP contribution in [0.25, 0.3) is 6.08 Å². The van der Waals surface area contributed by atoms with Crippen LogP contribution in [0.3, 0.4) is 0 Å². The molecule has 1 heterocycles. The molecule has 6 heteroatoms. The third-order valence-corrected chi connectivity index (χ3v) is 5.62. The quantitative estimate of drug-likeness (QED) is 0.419. The molecule has 3 aromatic carbocycles. The fourth-order valence-corrected chi connectivity index (χ4v) is 4.24. The molecule has 1 fully saturated rings. The Balaban J connectivity index is 1.71. The molecule has 1 aliphatic heterocycles. The first-order valence-corrected chi connectivity index (χ1v) is 11.1. The molecule has 3 aromatic rings. The molecule has 4 rings (SSSR count). The summed E-state index contributed by atoms with van der Waals surface area (Å²) in [6.07, 6.45) is 1.90. The molecule has 0 radical (unpaired) electrons. The first kappa shape index (κ1) is 21.7. The maximum atomic E-state index is 13.4. The van der Waals surface area contributed by atoms with Crippen molar-refractivity contribution in [3.05, 3.63) is 89.3 Å². The van der Waals surface area contributed by atoms with Gasteiger partial charge in [0.2, 0.25) is 0 Å². The van der Waals surface area contributed by atoms with Gasteiger partial charge in [0.1, 0.15) is 0 Å². The average molecular weight is 445 g/mol. The topological polar surface area (TPSA) is 51.1 Å². The fraction of sp³-hybridized carbons (Fsp3) is 0.154. The molecule has 1 saturated heterocycles. The summed E-state index contributed by atoms with van der Waals surface area (Å²) in [6, 6.07) is 24.8. The lowest BCUT2D eigenvalue weighted by Gasteiger charge is -2.15. The minimum atomic E-state index is -0.114. The first-order valence-electron chi connectivity index (χ1n) is 10.3. The number of ether oxygens (including phenoxy) is 2. The van der Waals surface area contributed by atoms with Crippen LogP contribution >= 0.6 is 11.8 Å². The normalized spacial score (nSPS) is 16.2. The number of benzene rings is 3. The molecular formula is C26H24N2O3S. The zero-order chi connectivity index (χ0) is 22.5. The van der Waals surface area contributed by atoms with Gasteiger partial charge in [0, 0.05) is 0 Å². The second-order valence-corrected chi connectivity index (χ2v) is 8.40. The molecule has 0 unspecified atom stereocenters. The number of aliphatic imine (C=N–C) groups is 1. The summed E-state index contributed by atoms with van der Waals surface area (Å²) >= 11 is 1.36. The number of methoxy groups -OCH3 is 1. The predicted molar refractivity (Wildman–Crippen MR) is 132 cm³/mol. The Morgan fingerprint density at radius 2 is 1.62 bits per heavy atom. The highest BCUT2D eigenvalue weighted by atomic mass is 32.2. The number of carbonyl (C=O) groups is 1. The lowest BCUT2D eigenvalue weighted by Crippen LogP contribution is -2.28. The number of hydrogen-bond acceptors (Lipinski definition) is 5. The van der Waals surface area contributed by atoms with Gasteiger partial charge >= 0.3 is 0 Å². The zero-order valence-electron chi connectivity index (χ0n) is 18.2. The van der Waals surface area contributed by atoms with Gasteiger partial charge in [0.15, 0.2) is 16.7 Å². The number of hydrogen-bond donors (Lipinski definition) is 0. The number of anilines is 1. The van der Waals surface area contributed by atoms with E-state index < -0.39 is 0 Å². The van der Waals surface area contributed by atoms with Crippen molar-refractivity contribution in [3.63, 3.8) is 0 Å². The van der Waals surface area contributed by atoms with Crippen molar-refractivity contribution in [2.75, 3.05) is 12.0 Å². The number of amides is 1. The summed E-state index contributed by atoms with van der Waals surface area (Å²) in [5.74, 6) is 1.19. The fourth-order valence-electron chi connectivity index (χ4n) is 3.24. The van der Waals surface area contributed by atoms with Gasteiger partial charge in [0.05, 0.1) is 29.5 Å². The van der Waals surface area contributed by atoms with E-state index in [0.29, 0.717) is 21.6 Å². The van der Waals surface area contributed by atoms with Crippen molar-refractivity contribution in [1.82, 2.24) is 0 Å². The molecule has 162 valence electrons. The molecule has 1 amide bonds. The number of para-hydroxylation sites is 2. The van der Waals surface area contributed by atoms with Crippen molar-refractivity contribution in [1.29, 1.82) is 0 Å². The standard InChI is InChI=1S/C26H24N2O3S/c1-18(2)31-22-15-14-19(16-23(22)30-3)17-24-25(29)28(21-12-8-5-9-13-21)26(32-24)27-20-10-6-4-7-11-20/h4-18H,1-3H3/b24-17-,27-26?. The smallest absolute Gasteiger partial charge is 0.271 e. The summed E-state index contributed by atoms with van der Waals surface area (Å²) in [6.45, 7) is 3.93. The summed E-state index contributed by atoms with van der Waals surface area (Å²) in [4.78, 5) is 20.4. The maximum Gasteiger partial charge on any atom is 0.271 e. The second kappa shape index (κ2) is 9.75. The molecule has 1 aliphatic rings. The minimum absolute atomic E-state index is 0.0382. The van der Waals surface area contributed by atoms with Gasteiger partial charge in [-0.05, 0) is 73.6 Å². The van der Waals surface area contributed by atoms with Crippen LogP contribution in [-0.2, 0) is 4.79 Å². The Labute approximate surface area is 192 Å². The molecule has 0 spiro atoms. The van der Waals surface area contributed by atoms with Crippen molar-refractivity contribution in [2.45, 2.75) is 20.0 Å².